The van der Waals surface area contributed by atoms with Crippen LogP contribution in [0.2, 0.25) is 0 Å². The number of hydrogen-bond acceptors (Lipinski definition) is 3. The van der Waals surface area contributed by atoms with E-state index in [2.05, 4.69) is 31.9 Å². The van der Waals surface area contributed by atoms with Crippen molar-refractivity contribution in [1.29, 1.82) is 5.26 Å². The summed E-state index contributed by atoms with van der Waals surface area (Å²) in [6, 6.07) is 2.70. The molecule has 1 fully saturated rings. The average molecular weight is 289 g/mol. The number of aliphatic hydroxyl groups excluding tert-OH is 1. The summed E-state index contributed by atoms with van der Waals surface area (Å²) in [6.07, 6.45) is 9.00. The highest BCUT2D eigenvalue weighted by Gasteiger charge is 2.42. The Morgan fingerprint density at radius 1 is 1.48 bits per heavy atom. The normalized spacial score (nSPS) is 27.5. The van der Waals surface area contributed by atoms with Crippen molar-refractivity contribution >= 4 is 0 Å². The van der Waals surface area contributed by atoms with Gasteiger partial charge in [0.2, 0.25) is 0 Å². The Kier molecular flexibility index (Phi) is 5.05. The fourth-order valence-corrected chi connectivity index (χ4v) is 3.43. The zero-order chi connectivity index (χ0) is 15.5. The van der Waals surface area contributed by atoms with Gasteiger partial charge in [-0.25, -0.2) is 0 Å². The molecule has 1 aromatic heterocycles. The van der Waals surface area contributed by atoms with E-state index >= 15 is 0 Å². The van der Waals surface area contributed by atoms with Crippen LogP contribution in [0.25, 0.3) is 0 Å². The summed E-state index contributed by atoms with van der Waals surface area (Å²) in [5, 5.41) is 24.7. The summed E-state index contributed by atoms with van der Waals surface area (Å²) in [4.78, 5) is 0. The van der Waals surface area contributed by atoms with Gasteiger partial charge in [0.05, 0.1) is 17.7 Å². The molecule has 1 heterocycles. The predicted molar refractivity (Wildman–Crippen MR) is 82.5 cm³/mol. The van der Waals surface area contributed by atoms with E-state index in [1.165, 1.54) is 12.8 Å². The van der Waals surface area contributed by atoms with Crippen LogP contribution in [-0.4, -0.2) is 14.9 Å². The summed E-state index contributed by atoms with van der Waals surface area (Å²) >= 11 is 0. The molecule has 1 aromatic rings. The molecule has 21 heavy (non-hydrogen) atoms. The van der Waals surface area contributed by atoms with Crippen LogP contribution in [0.5, 0.6) is 0 Å². The van der Waals surface area contributed by atoms with Gasteiger partial charge in [-0.3, -0.25) is 4.68 Å². The molecule has 0 aromatic carbocycles. The first-order valence-corrected chi connectivity index (χ1v) is 8.15. The Balaban J connectivity index is 2.11. The lowest BCUT2D eigenvalue weighted by Gasteiger charge is -2.38. The molecule has 2 rings (SSSR count). The molecule has 4 heteroatoms. The minimum Gasteiger partial charge on any atom is -0.387 e. The maximum Gasteiger partial charge on any atom is 0.101 e. The Bertz CT molecular complexity index is 492. The smallest absolute Gasteiger partial charge is 0.101 e. The first-order chi connectivity index (χ1) is 10.0. The van der Waals surface area contributed by atoms with E-state index in [0.29, 0.717) is 0 Å². The lowest BCUT2D eigenvalue weighted by molar-refractivity contribution is 0.0236. The molecular weight excluding hydrogens is 262 g/mol. The molecule has 0 bridgehead atoms. The van der Waals surface area contributed by atoms with Crippen LogP contribution in [0, 0.1) is 22.7 Å². The zero-order valence-electron chi connectivity index (χ0n) is 13.4. The number of hydrogen-bond donors (Lipinski definition) is 1. The van der Waals surface area contributed by atoms with E-state index in [9.17, 15) is 10.4 Å². The molecule has 1 unspecified atom stereocenters. The van der Waals surface area contributed by atoms with Gasteiger partial charge in [-0.05, 0) is 45.4 Å². The maximum atomic E-state index is 10.7. The number of nitrogens with zero attached hydrogens (tertiary/aromatic N) is 3. The van der Waals surface area contributed by atoms with E-state index in [1.807, 2.05) is 10.9 Å². The monoisotopic (exact) mass is 289 g/mol. The van der Waals surface area contributed by atoms with E-state index in [4.69, 9.17) is 0 Å². The molecule has 0 radical (unpaired) electrons. The molecule has 0 aliphatic heterocycles. The molecule has 1 N–H and O–H groups in total. The Hall–Kier alpha value is -1.34. The lowest BCUT2D eigenvalue weighted by atomic mass is 9.66. The van der Waals surface area contributed by atoms with E-state index in [-0.39, 0.29) is 6.04 Å². The van der Waals surface area contributed by atoms with Crippen LogP contribution >= 0.6 is 0 Å². The van der Waals surface area contributed by atoms with Crippen molar-refractivity contribution in [3.8, 4) is 6.07 Å². The third-order valence-corrected chi connectivity index (χ3v) is 4.91. The SMILES string of the molecule is CCCC1CCC(C#N)(C(O)c2cnn(C(C)C)c2)CC1. The van der Waals surface area contributed by atoms with Gasteiger partial charge in [-0.1, -0.05) is 19.8 Å². The van der Waals surface area contributed by atoms with Crippen molar-refractivity contribution in [1.82, 2.24) is 9.78 Å². The molecule has 1 atom stereocenters. The number of aromatic nitrogens is 2. The van der Waals surface area contributed by atoms with Crippen LogP contribution in [0.15, 0.2) is 12.4 Å². The topological polar surface area (TPSA) is 61.8 Å². The molecule has 0 spiro atoms. The predicted octanol–water partition coefficient (Wildman–Crippen LogP) is 4.00. The quantitative estimate of drug-likeness (QED) is 0.891. The lowest BCUT2D eigenvalue weighted by Crippen LogP contribution is -2.32. The van der Waals surface area contributed by atoms with Gasteiger partial charge in [-0.2, -0.15) is 10.4 Å². The summed E-state index contributed by atoms with van der Waals surface area (Å²) < 4.78 is 1.84. The van der Waals surface area contributed by atoms with Crippen LogP contribution in [0.4, 0.5) is 0 Å². The van der Waals surface area contributed by atoms with Gasteiger partial charge >= 0.3 is 0 Å². The van der Waals surface area contributed by atoms with Crippen LogP contribution in [0.3, 0.4) is 0 Å². The third-order valence-electron chi connectivity index (χ3n) is 4.91. The maximum absolute atomic E-state index is 10.7. The second kappa shape index (κ2) is 6.62. The Labute approximate surface area is 127 Å². The number of rotatable bonds is 5. The average Bonchev–Trinajstić information content (AvgIpc) is 2.98. The largest absolute Gasteiger partial charge is 0.387 e. The first-order valence-electron chi connectivity index (χ1n) is 8.15. The van der Waals surface area contributed by atoms with Crippen LogP contribution < -0.4 is 0 Å². The summed E-state index contributed by atoms with van der Waals surface area (Å²) in [5.74, 6) is 0.724. The highest BCUT2D eigenvalue weighted by Crippen LogP contribution is 2.47. The molecule has 1 aliphatic rings. The molecule has 116 valence electrons. The van der Waals surface area contributed by atoms with Crippen LogP contribution in [-0.2, 0) is 0 Å². The molecule has 0 saturated heterocycles. The molecule has 4 nitrogen and oxygen atoms in total. The minimum atomic E-state index is -0.724. The van der Waals surface area contributed by atoms with Gasteiger partial charge < -0.3 is 5.11 Å². The zero-order valence-corrected chi connectivity index (χ0v) is 13.4. The van der Waals surface area contributed by atoms with Gasteiger partial charge in [-0.15, -0.1) is 0 Å². The van der Waals surface area contributed by atoms with Gasteiger partial charge in [0, 0.05) is 17.8 Å². The Morgan fingerprint density at radius 3 is 2.62 bits per heavy atom. The highest BCUT2D eigenvalue weighted by atomic mass is 16.3. The minimum absolute atomic E-state index is 0.268. The third kappa shape index (κ3) is 3.29. The number of aliphatic hydroxyl groups is 1. The first kappa shape index (κ1) is 16.0. The van der Waals surface area contributed by atoms with E-state index < -0.39 is 11.5 Å². The molecule has 1 aliphatic carbocycles. The molecule has 1 saturated carbocycles. The second-order valence-corrected chi connectivity index (χ2v) is 6.75. The summed E-state index contributed by atoms with van der Waals surface area (Å²) in [7, 11) is 0. The van der Waals surface area contributed by atoms with Gasteiger partial charge in [0.15, 0.2) is 0 Å². The summed E-state index contributed by atoms with van der Waals surface area (Å²) in [5.41, 5.74) is 0.147. The molecule has 0 amide bonds. The fraction of sp³-hybridized carbons (Fsp3) is 0.765. The molecular formula is C17H27N3O. The van der Waals surface area contributed by atoms with E-state index in [0.717, 1.165) is 37.2 Å². The fourth-order valence-electron chi connectivity index (χ4n) is 3.43. The summed E-state index contributed by atoms with van der Waals surface area (Å²) in [6.45, 7) is 6.32. The standard InChI is InChI=1S/C17H27N3O/c1-4-5-14-6-8-17(12-18,9-7-14)16(21)15-10-19-20(11-15)13(2)3/h10-11,13-14,16,21H,4-9H2,1-3H3. The van der Waals surface area contributed by atoms with E-state index in [1.54, 1.807) is 6.20 Å². The Morgan fingerprint density at radius 2 is 2.14 bits per heavy atom. The van der Waals surface area contributed by atoms with Crippen molar-refractivity contribution in [3.63, 3.8) is 0 Å². The number of nitriles is 1. The van der Waals surface area contributed by atoms with Crippen molar-refractivity contribution < 1.29 is 5.11 Å². The van der Waals surface area contributed by atoms with Crippen molar-refractivity contribution in [2.24, 2.45) is 11.3 Å². The second-order valence-electron chi connectivity index (χ2n) is 6.75. The van der Waals surface area contributed by atoms with Crippen molar-refractivity contribution in [2.45, 2.75) is 71.4 Å². The highest BCUT2D eigenvalue weighted by molar-refractivity contribution is 5.18. The van der Waals surface area contributed by atoms with Crippen molar-refractivity contribution in [2.75, 3.05) is 0 Å². The van der Waals surface area contributed by atoms with Crippen molar-refractivity contribution in [3.05, 3.63) is 18.0 Å². The van der Waals surface area contributed by atoms with Crippen LogP contribution in [0.1, 0.15) is 77.0 Å². The van der Waals surface area contributed by atoms with Gasteiger partial charge in [0.1, 0.15) is 6.10 Å². The van der Waals surface area contributed by atoms with Gasteiger partial charge in [0.25, 0.3) is 0 Å².